The van der Waals surface area contributed by atoms with Gasteiger partial charge < -0.3 is 9.84 Å². The zero-order valence-corrected chi connectivity index (χ0v) is 12.0. The Kier molecular flexibility index (Phi) is 8.39. The van der Waals surface area contributed by atoms with Crippen molar-refractivity contribution in [2.75, 3.05) is 6.61 Å². The number of rotatable bonds is 10. The zero-order valence-electron chi connectivity index (χ0n) is 12.0. The van der Waals surface area contributed by atoms with E-state index in [0.29, 0.717) is 0 Å². The molecule has 1 rings (SSSR count). The normalized spacial score (nSPS) is 12.6. The van der Waals surface area contributed by atoms with Crippen molar-refractivity contribution in [3.8, 4) is 11.5 Å². The second-order valence-electron chi connectivity index (χ2n) is 4.39. The minimum Gasteiger partial charge on any atom is -0.508 e. The fourth-order valence-corrected chi connectivity index (χ4v) is 1.62. The van der Waals surface area contributed by atoms with Crippen LogP contribution in [0.1, 0.15) is 19.3 Å². The SMILES string of the molecule is O=C(CCCC(CON(O)O)ON(O)O)Oc1ccc(O)cc1. The Morgan fingerprint density at radius 2 is 1.74 bits per heavy atom. The highest BCUT2D eigenvalue weighted by molar-refractivity contribution is 5.72. The molecule has 1 aromatic rings. The van der Waals surface area contributed by atoms with Crippen LogP contribution in [-0.4, -0.2) is 55.4 Å². The molecule has 0 saturated heterocycles. The Morgan fingerprint density at radius 3 is 2.30 bits per heavy atom. The molecule has 11 heteroatoms. The summed E-state index contributed by atoms with van der Waals surface area (Å²) in [4.78, 5) is 20.4. The summed E-state index contributed by atoms with van der Waals surface area (Å²) in [6.45, 7) is -0.405. The number of hydrogen-bond acceptors (Lipinski definition) is 11. The third kappa shape index (κ3) is 9.02. The average Bonchev–Trinajstić information content (AvgIpc) is 2.46. The van der Waals surface area contributed by atoms with Crippen LogP contribution in [0.25, 0.3) is 0 Å². The molecule has 11 nitrogen and oxygen atoms in total. The number of esters is 1. The van der Waals surface area contributed by atoms with E-state index in [1.807, 2.05) is 0 Å². The van der Waals surface area contributed by atoms with Crippen molar-refractivity contribution >= 4 is 5.97 Å². The number of hydrogen-bond donors (Lipinski definition) is 5. The van der Waals surface area contributed by atoms with Crippen molar-refractivity contribution in [3.63, 3.8) is 0 Å². The van der Waals surface area contributed by atoms with Gasteiger partial charge in [-0.1, -0.05) is 0 Å². The van der Waals surface area contributed by atoms with E-state index in [0.717, 1.165) is 0 Å². The van der Waals surface area contributed by atoms with Crippen LogP contribution in [0.2, 0.25) is 0 Å². The Hall–Kier alpha value is -1.83. The van der Waals surface area contributed by atoms with Crippen LogP contribution in [0.3, 0.4) is 0 Å². The van der Waals surface area contributed by atoms with Crippen LogP contribution in [0.5, 0.6) is 11.5 Å². The quantitative estimate of drug-likeness (QED) is 0.235. The fraction of sp³-hybridized carbons (Fsp3) is 0.417. The summed E-state index contributed by atoms with van der Waals surface area (Å²) in [6.07, 6.45) is -0.570. The summed E-state index contributed by atoms with van der Waals surface area (Å²) in [5, 5.41) is 42.0. The second kappa shape index (κ2) is 10.0. The lowest BCUT2D eigenvalue weighted by atomic mass is 10.1. The molecular formula is C12H18N2O9. The van der Waals surface area contributed by atoms with Crippen LogP contribution >= 0.6 is 0 Å². The predicted octanol–water partition coefficient (Wildman–Crippen LogP) is 0.861. The number of phenols is 1. The molecule has 130 valence electrons. The number of ether oxygens (including phenoxy) is 1. The summed E-state index contributed by atoms with van der Waals surface area (Å²) in [7, 11) is 0. The van der Waals surface area contributed by atoms with Gasteiger partial charge in [0.1, 0.15) is 24.2 Å². The number of nitrogens with zero attached hydrogens (tertiary/aromatic N) is 2. The Bertz CT molecular complexity index is 466. The molecule has 5 N–H and O–H groups in total. The van der Waals surface area contributed by atoms with Crippen molar-refractivity contribution in [3.05, 3.63) is 24.3 Å². The van der Waals surface area contributed by atoms with Gasteiger partial charge in [-0.2, -0.15) is 0 Å². The van der Waals surface area contributed by atoms with Gasteiger partial charge in [-0.15, -0.1) is 0 Å². The number of carbonyl (C=O) groups is 1. The summed E-state index contributed by atoms with van der Waals surface area (Å²) in [6, 6.07) is 5.60. The van der Waals surface area contributed by atoms with Gasteiger partial charge in [0, 0.05) is 6.42 Å². The molecule has 1 unspecified atom stereocenters. The monoisotopic (exact) mass is 334 g/mol. The molecule has 0 fully saturated rings. The molecule has 0 heterocycles. The van der Waals surface area contributed by atoms with Crippen LogP contribution in [-0.2, 0) is 14.5 Å². The molecule has 1 atom stereocenters. The summed E-state index contributed by atoms with van der Waals surface area (Å²) < 4.78 is 5.01. The summed E-state index contributed by atoms with van der Waals surface area (Å²) >= 11 is 0. The second-order valence-corrected chi connectivity index (χ2v) is 4.39. The number of carbonyl (C=O) groups excluding carboxylic acids is 1. The predicted molar refractivity (Wildman–Crippen MR) is 69.2 cm³/mol. The molecule has 0 aliphatic heterocycles. The van der Waals surface area contributed by atoms with E-state index in [4.69, 9.17) is 30.7 Å². The Morgan fingerprint density at radius 1 is 1.09 bits per heavy atom. The Labute approximate surface area is 130 Å². The molecule has 0 radical (unpaired) electrons. The third-order valence-electron chi connectivity index (χ3n) is 2.59. The van der Waals surface area contributed by atoms with Crippen LogP contribution in [0.15, 0.2) is 24.3 Å². The van der Waals surface area contributed by atoms with Gasteiger partial charge in [-0.25, -0.2) is 9.68 Å². The van der Waals surface area contributed by atoms with E-state index in [1.165, 1.54) is 24.3 Å². The first-order valence-corrected chi connectivity index (χ1v) is 6.52. The average molecular weight is 334 g/mol. The van der Waals surface area contributed by atoms with Gasteiger partial charge in [0.25, 0.3) is 0 Å². The minimum atomic E-state index is -0.951. The highest BCUT2D eigenvalue weighted by Crippen LogP contribution is 2.17. The molecule has 0 saturated carbocycles. The van der Waals surface area contributed by atoms with Crippen molar-refractivity contribution in [2.24, 2.45) is 0 Å². The van der Waals surface area contributed by atoms with E-state index in [2.05, 4.69) is 9.68 Å². The lowest BCUT2D eigenvalue weighted by molar-refractivity contribution is -0.527. The van der Waals surface area contributed by atoms with Gasteiger partial charge in [0.2, 0.25) is 0 Å². The molecule has 0 amide bonds. The third-order valence-corrected chi connectivity index (χ3v) is 2.59. The highest BCUT2D eigenvalue weighted by atomic mass is 17.1. The first-order valence-electron chi connectivity index (χ1n) is 6.52. The van der Waals surface area contributed by atoms with Crippen molar-refractivity contribution in [1.82, 2.24) is 10.8 Å². The largest absolute Gasteiger partial charge is 0.508 e. The molecule has 0 bridgehead atoms. The first kappa shape index (κ1) is 19.2. The highest BCUT2D eigenvalue weighted by Gasteiger charge is 2.16. The van der Waals surface area contributed by atoms with Gasteiger partial charge in [0.05, 0.1) is 10.8 Å². The van der Waals surface area contributed by atoms with Gasteiger partial charge >= 0.3 is 5.97 Å². The fourth-order valence-electron chi connectivity index (χ4n) is 1.62. The van der Waals surface area contributed by atoms with E-state index < -0.39 is 29.5 Å². The van der Waals surface area contributed by atoms with Crippen molar-refractivity contribution in [1.29, 1.82) is 0 Å². The summed E-state index contributed by atoms with van der Waals surface area (Å²) in [5.74, 6) is -0.215. The maximum atomic E-state index is 11.6. The van der Waals surface area contributed by atoms with Crippen molar-refractivity contribution in [2.45, 2.75) is 25.4 Å². The smallest absolute Gasteiger partial charge is 0.311 e. The molecular weight excluding hydrogens is 316 g/mol. The maximum absolute atomic E-state index is 11.6. The molecule has 0 spiro atoms. The molecule has 0 aromatic heterocycles. The lowest BCUT2D eigenvalue weighted by Crippen LogP contribution is -2.31. The lowest BCUT2D eigenvalue weighted by Gasteiger charge is -2.18. The Balaban J connectivity index is 2.33. The van der Waals surface area contributed by atoms with Gasteiger partial charge in [-0.3, -0.25) is 25.6 Å². The first-order chi connectivity index (χ1) is 10.9. The van der Waals surface area contributed by atoms with Crippen LogP contribution in [0.4, 0.5) is 0 Å². The molecule has 23 heavy (non-hydrogen) atoms. The van der Waals surface area contributed by atoms with E-state index in [9.17, 15) is 4.79 Å². The zero-order chi connectivity index (χ0) is 17.2. The van der Waals surface area contributed by atoms with Crippen LogP contribution in [0, 0.1) is 0 Å². The van der Waals surface area contributed by atoms with Gasteiger partial charge in [0.15, 0.2) is 0 Å². The van der Waals surface area contributed by atoms with Crippen molar-refractivity contribution < 1.29 is 45.1 Å². The van der Waals surface area contributed by atoms with E-state index in [-0.39, 0.29) is 30.8 Å². The number of phenolic OH excluding ortho intramolecular Hbond substituents is 1. The minimum absolute atomic E-state index is 0.000439. The number of benzene rings is 1. The maximum Gasteiger partial charge on any atom is 0.311 e. The summed E-state index contributed by atoms with van der Waals surface area (Å²) in [5.41, 5.74) is 0. The molecule has 0 aliphatic rings. The topological polar surface area (TPSA) is 152 Å². The van der Waals surface area contributed by atoms with E-state index >= 15 is 0 Å². The standard InChI is InChI=1S/C12H18N2O9/c15-9-4-6-10(7-5-9)22-12(16)3-1-2-11(23-14(19)20)8-21-13(17)18/h4-7,11,15,17-20H,1-3,8H2. The van der Waals surface area contributed by atoms with Gasteiger partial charge in [-0.05, 0) is 37.1 Å². The van der Waals surface area contributed by atoms with E-state index in [1.54, 1.807) is 0 Å². The molecule has 0 aliphatic carbocycles. The molecule has 1 aromatic carbocycles. The number of aromatic hydroxyl groups is 1. The van der Waals surface area contributed by atoms with Crippen LogP contribution < -0.4 is 4.74 Å².